The maximum Gasteiger partial charge on any atom is 0.312 e. The van der Waals surface area contributed by atoms with Gasteiger partial charge in [0.25, 0.3) is 0 Å². The Morgan fingerprint density at radius 3 is 2.32 bits per heavy atom. The molecular formula is C16H26N4O2. The van der Waals surface area contributed by atoms with Crippen molar-refractivity contribution in [2.24, 2.45) is 5.73 Å². The van der Waals surface area contributed by atoms with E-state index in [0.29, 0.717) is 6.54 Å². The van der Waals surface area contributed by atoms with Crippen LogP contribution in [0.15, 0.2) is 24.3 Å². The molecule has 122 valence electrons. The van der Waals surface area contributed by atoms with Gasteiger partial charge in [-0.15, -0.1) is 0 Å². The van der Waals surface area contributed by atoms with Crippen molar-refractivity contribution < 1.29 is 9.59 Å². The van der Waals surface area contributed by atoms with E-state index in [1.165, 1.54) is 5.56 Å². The van der Waals surface area contributed by atoms with Crippen molar-refractivity contribution >= 4 is 11.9 Å². The van der Waals surface area contributed by atoms with E-state index in [4.69, 9.17) is 5.73 Å². The summed E-state index contributed by atoms with van der Waals surface area (Å²) in [5.41, 5.74) is 7.29. The predicted octanol–water partition coefficient (Wildman–Crippen LogP) is 1.20. The van der Waals surface area contributed by atoms with Crippen LogP contribution < -0.4 is 16.4 Å². The monoisotopic (exact) mass is 306 g/mol. The molecule has 22 heavy (non-hydrogen) atoms. The van der Waals surface area contributed by atoms with E-state index in [0.717, 1.165) is 25.2 Å². The maximum atomic E-state index is 11.9. The zero-order valence-electron chi connectivity index (χ0n) is 13.6. The van der Waals surface area contributed by atoms with Gasteiger partial charge in [-0.25, -0.2) is 4.79 Å². The molecule has 0 radical (unpaired) electrons. The van der Waals surface area contributed by atoms with Gasteiger partial charge in [-0.05, 0) is 31.1 Å². The number of urea groups is 1. The standard InChI is InChI=1S/C16H26N4O2/c1-4-20(5-2)11-14-9-7-6-8-13(14)10-18-15(21)12(3)19-16(17)22/h6-9,12H,4-5,10-11H2,1-3H3,(H,18,21)(H3,17,19,22). The second-order valence-corrected chi connectivity index (χ2v) is 5.18. The number of rotatable bonds is 8. The lowest BCUT2D eigenvalue weighted by Gasteiger charge is -2.20. The van der Waals surface area contributed by atoms with Crippen LogP contribution in [-0.4, -0.2) is 36.0 Å². The molecule has 1 rings (SSSR count). The Balaban J connectivity index is 2.66. The van der Waals surface area contributed by atoms with E-state index < -0.39 is 12.1 Å². The first kappa shape index (κ1) is 18.0. The zero-order chi connectivity index (χ0) is 16.5. The van der Waals surface area contributed by atoms with Crippen LogP contribution in [0.1, 0.15) is 31.9 Å². The Bertz CT molecular complexity index is 501. The fourth-order valence-corrected chi connectivity index (χ4v) is 2.19. The largest absolute Gasteiger partial charge is 0.352 e. The van der Waals surface area contributed by atoms with Gasteiger partial charge in [-0.2, -0.15) is 0 Å². The van der Waals surface area contributed by atoms with Crippen LogP contribution in [0.3, 0.4) is 0 Å². The molecule has 4 N–H and O–H groups in total. The zero-order valence-corrected chi connectivity index (χ0v) is 13.6. The van der Waals surface area contributed by atoms with Crippen molar-refractivity contribution in [1.82, 2.24) is 15.5 Å². The highest BCUT2D eigenvalue weighted by molar-refractivity contribution is 5.86. The number of primary amides is 1. The topological polar surface area (TPSA) is 87.5 Å². The van der Waals surface area contributed by atoms with Crippen molar-refractivity contribution in [2.45, 2.75) is 39.9 Å². The highest BCUT2D eigenvalue weighted by Gasteiger charge is 2.14. The van der Waals surface area contributed by atoms with Crippen molar-refractivity contribution in [3.63, 3.8) is 0 Å². The van der Waals surface area contributed by atoms with Crippen LogP contribution in [0.2, 0.25) is 0 Å². The van der Waals surface area contributed by atoms with Crippen molar-refractivity contribution in [3.05, 3.63) is 35.4 Å². The second-order valence-electron chi connectivity index (χ2n) is 5.18. The summed E-state index contributed by atoms with van der Waals surface area (Å²) in [6.45, 7) is 9.11. The summed E-state index contributed by atoms with van der Waals surface area (Å²) < 4.78 is 0. The number of nitrogens with one attached hydrogen (secondary N) is 2. The summed E-state index contributed by atoms with van der Waals surface area (Å²) >= 11 is 0. The number of carbonyl (C=O) groups is 2. The molecule has 3 amide bonds. The molecule has 0 aliphatic carbocycles. The van der Waals surface area contributed by atoms with Crippen LogP contribution in [0, 0.1) is 0 Å². The maximum absolute atomic E-state index is 11.9. The molecule has 1 atom stereocenters. The van der Waals surface area contributed by atoms with E-state index >= 15 is 0 Å². The number of hydrogen-bond acceptors (Lipinski definition) is 3. The minimum absolute atomic E-state index is 0.253. The minimum Gasteiger partial charge on any atom is -0.352 e. The molecule has 0 saturated carbocycles. The number of carbonyl (C=O) groups excluding carboxylic acids is 2. The molecule has 1 aromatic rings. The molecule has 6 nitrogen and oxygen atoms in total. The summed E-state index contributed by atoms with van der Waals surface area (Å²) in [5.74, 6) is -0.253. The van der Waals surface area contributed by atoms with Crippen LogP contribution in [0.5, 0.6) is 0 Å². The molecule has 1 unspecified atom stereocenters. The van der Waals surface area contributed by atoms with Gasteiger partial charge in [0.2, 0.25) is 5.91 Å². The third-order valence-electron chi connectivity index (χ3n) is 3.61. The first-order chi connectivity index (χ1) is 10.5. The van der Waals surface area contributed by atoms with E-state index in [2.05, 4.69) is 35.4 Å². The van der Waals surface area contributed by atoms with Crippen LogP contribution in [0.4, 0.5) is 4.79 Å². The second kappa shape index (κ2) is 9.04. The number of nitrogens with zero attached hydrogens (tertiary/aromatic N) is 1. The molecule has 0 aliphatic heterocycles. The molecule has 0 spiro atoms. The van der Waals surface area contributed by atoms with Gasteiger partial charge in [-0.3, -0.25) is 9.69 Å². The highest BCUT2D eigenvalue weighted by atomic mass is 16.2. The lowest BCUT2D eigenvalue weighted by molar-refractivity contribution is -0.122. The smallest absolute Gasteiger partial charge is 0.312 e. The Hall–Kier alpha value is -2.08. The molecular weight excluding hydrogens is 280 g/mol. The van der Waals surface area contributed by atoms with Gasteiger partial charge in [0, 0.05) is 13.1 Å². The average Bonchev–Trinajstić information content (AvgIpc) is 2.50. The van der Waals surface area contributed by atoms with Crippen molar-refractivity contribution in [2.75, 3.05) is 13.1 Å². The van der Waals surface area contributed by atoms with Crippen molar-refractivity contribution in [3.8, 4) is 0 Å². The fraction of sp³-hybridized carbons (Fsp3) is 0.500. The molecule has 0 bridgehead atoms. The summed E-state index contributed by atoms with van der Waals surface area (Å²) in [6, 6.07) is 6.69. The first-order valence-corrected chi connectivity index (χ1v) is 7.60. The summed E-state index contributed by atoms with van der Waals surface area (Å²) in [4.78, 5) is 25.0. The Morgan fingerprint density at radius 1 is 1.18 bits per heavy atom. The third kappa shape index (κ3) is 5.73. The van der Waals surface area contributed by atoms with Gasteiger partial charge in [-0.1, -0.05) is 38.1 Å². The van der Waals surface area contributed by atoms with Crippen LogP contribution in [0.25, 0.3) is 0 Å². The fourth-order valence-electron chi connectivity index (χ4n) is 2.19. The summed E-state index contributed by atoms with van der Waals surface area (Å²) in [7, 11) is 0. The molecule has 0 aliphatic rings. The predicted molar refractivity (Wildman–Crippen MR) is 87.1 cm³/mol. The first-order valence-electron chi connectivity index (χ1n) is 7.60. The Morgan fingerprint density at radius 2 is 1.77 bits per heavy atom. The third-order valence-corrected chi connectivity index (χ3v) is 3.61. The summed E-state index contributed by atoms with van der Waals surface area (Å²) in [5, 5.41) is 5.19. The van der Waals surface area contributed by atoms with Gasteiger partial charge in [0.15, 0.2) is 0 Å². The van der Waals surface area contributed by atoms with Crippen LogP contribution in [-0.2, 0) is 17.9 Å². The summed E-state index contributed by atoms with van der Waals surface area (Å²) in [6.07, 6.45) is 0. The minimum atomic E-state index is -0.704. The number of benzene rings is 1. The highest BCUT2D eigenvalue weighted by Crippen LogP contribution is 2.11. The van der Waals surface area contributed by atoms with E-state index in [1.807, 2.05) is 18.2 Å². The number of nitrogens with two attached hydrogens (primary N) is 1. The molecule has 6 heteroatoms. The normalized spacial score (nSPS) is 12.0. The average molecular weight is 306 g/mol. The van der Waals surface area contributed by atoms with Gasteiger partial charge in [0.05, 0.1) is 0 Å². The lowest BCUT2D eigenvalue weighted by atomic mass is 10.1. The number of hydrogen-bond donors (Lipinski definition) is 3. The van der Waals surface area contributed by atoms with E-state index in [9.17, 15) is 9.59 Å². The SMILES string of the molecule is CCN(CC)Cc1ccccc1CNC(=O)C(C)NC(N)=O. The molecule has 0 heterocycles. The van der Waals surface area contributed by atoms with Gasteiger partial charge >= 0.3 is 6.03 Å². The quantitative estimate of drug-likeness (QED) is 0.674. The Labute approximate surface area is 132 Å². The van der Waals surface area contributed by atoms with E-state index in [1.54, 1.807) is 6.92 Å². The van der Waals surface area contributed by atoms with Crippen molar-refractivity contribution in [1.29, 1.82) is 0 Å². The van der Waals surface area contributed by atoms with E-state index in [-0.39, 0.29) is 5.91 Å². The number of amides is 3. The molecule has 0 fully saturated rings. The van der Waals surface area contributed by atoms with Crippen LogP contribution >= 0.6 is 0 Å². The molecule has 0 saturated heterocycles. The molecule has 0 aromatic heterocycles. The molecule has 1 aromatic carbocycles. The Kier molecular flexibility index (Phi) is 7.39. The lowest BCUT2D eigenvalue weighted by Crippen LogP contribution is -2.46. The van der Waals surface area contributed by atoms with Gasteiger partial charge < -0.3 is 16.4 Å². The van der Waals surface area contributed by atoms with Gasteiger partial charge in [0.1, 0.15) is 6.04 Å².